The molecular weight excluding hydrogens is 234 g/mol. The first kappa shape index (κ1) is 12.7. The van der Waals surface area contributed by atoms with Crippen molar-refractivity contribution in [1.29, 1.82) is 0 Å². The highest BCUT2D eigenvalue weighted by Crippen LogP contribution is 2.34. The highest BCUT2D eigenvalue weighted by atomic mass is 16.4. The van der Waals surface area contributed by atoms with Crippen LogP contribution in [-0.2, 0) is 4.79 Å². The molecule has 2 rings (SSSR count). The van der Waals surface area contributed by atoms with E-state index in [1.807, 2.05) is 6.92 Å². The van der Waals surface area contributed by atoms with Gasteiger partial charge in [0, 0.05) is 0 Å². The molecule has 1 amide bonds. The van der Waals surface area contributed by atoms with Crippen LogP contribution in [0.4, 0.5) is 0 Å². The molecule has 0 bridgehead atoms. The fourth-order valence-electron chi connectivity index (χ4n) is 2.58. The molecule has 0 aromatic carbocycles. The first-order chi connectivity index (χ1) is 8.56. The number of carbonyl (C=O) groups excluding carboxylic acids is 1. The highest BCUT2D eigenvalue weighted by molar-refractivity contribution is 5.95. The topological polar surface area (TPSA) is 79.5 Å². The molecule has 0 radical (unpaired) electrons. The molecule has 98 valence electrons. The van der Waals surface area contributed by atoms with Crippen molar-refractivity contribution in [2.75, 3.05) is 0 Å². The predicted octanol–water partition coefficient (Wildman–Crippen LogP) is 2.04. The lowest BCUT2D eigenvalue weighted by atomic mass is 9.73. The van der Waals surface area contributed by atoms with Gasteiger partial charge in [0.25, 0.3) is 5.91 Å². The van der Waals surface area contributed by atoms with E-state index in [9.17, 15) is 14.7 Å². The Morgan fingerprint density at radius 2 is 2.28 bits per heavy atom. The van der Waals surface area contributed by atoms with Gasteiger partial charge in [-0.3, -0.25) is 4.79 Å². The zero-order valence-electron chi connectivity index (χ0n) is 10.3. The third-order valence-electron chi connectivity index (χ3n) is 3.76. The van der Waals surface area contributed by atoms with Crippen molar-refractivity contribution in [2.45, 2.75) is 38.1 Å². The summed E-state index contributed by atoms with van der Waals surface area (Å²) >= 11 is 0. The molecule has 1 saturated carbocycles. The Labute approximate surface area is 105 Å². The minimum atomic E-state index is -1.16. The van der Waals surface area contributed by atoms with Gasteiger partial charge in [0.1, 0.15) is 5.54 Å². The summed E-state index contributed by atoms with van der Waals surface area (Å²) in [6.07, 6.45) is 4.50. The molecule has 1 aliphatic carbocycles. The van der Waals surface area contributed by atoms with E-state index in [2.05, 4.69) is 5.32 Å². The minimum absolute atomic E-state index is 0.0809. The van der Waals surface area contributed by atoms with Crippen molar-refractivity contribution in [1.82, 2.24) is 5.32 Å². The van der Waals surface area contributed by atoms with Gasteiger partial charge in [-0.05, 0) is 30.9 Å². The number of hydrogen-bond donors (Lipinski definition) is 2. The summed E-state index contributed by atoms with van der Waals surface area (Å²) in [5.41, 5.74) is -1.16. The largest absolute Gasteiger partial charge is 0.479 e. The van der Waals surface area contributed by atoms with E-state index >= 15 is 0 Å². The Morgan fingerprint density at radius 1 is 1.50 bits per heavy atom. The Balaban J connectivity index is 2.21. The summed E-state index contributed by atoms with van der Waals surface area (Å²) in [5.74, 6) is -1.36. The van der Waals surface area contributed by atoms with Crippen LogP contribution in [0.25, 0.3) is 0 Å². The average Bonchev–Trinajstić information content (AvgIpc) is 2.85. The van der Waals surface area contributed by atoms with Crippen LogP contribution >= 0.6 is 0 Å². The van der Waals surface area contributed by atoms with E-state index < -0.39 is 17.4 Å². The Morgan fingerprint density at radius 3 is 2.83 bits per heavy atom. The number of rotatable bonds is 3. The van der Waals surface area contributed by atoms with E-state index in [0.717, 1.165) is 19.3 Å². The van der Waals surface area contributed by atoms with Crippen molar-refractivity contribution in [3.8, 4) is 0 Å². The van der Waals surface area contributed by atoms with Crippen LogP contribution < -0.4 is 5.32 Å². The fourth-order valence-corrected chi connectivity index (χ4v) is 2.58. The number of nitrogens with one attached hydrogen (secondary N) is 1. The molecule has 1 fully saturated rings. The molecule has 1 aliphatic rings. The third kappa shape index (κ3) is 2.12. The number of aliphatic carboxylic acids is 1. The van der Waals surface area contributed by atoms with Gasteiger partial charge < -0.3 is 14.8 Å². The van der Waals surface area contributed by atoms with Crippen LogP contribution in [-0.4, -0.2) is 22.5 Å². The van der Waals surface area contributed by atoms with Crippen LogP contribution in [0.3, 0.4) is 0 Å². The normalized spacial score (nSPS) is 27.7. The second-order valence-corrected chi connectivity index (χ2v) is 4.85. The van der Waals surface area contributed by atoms with E-state index in [0.29, 0.717) is 6.42 Å². The smallest absolute Gasteiger partial charge is 0.329 e. The van der Waals surface area contributed by atoms with Gasteiger partial charge in [0.2, 0.25) is 0 Å². The summed E-state index contributed by atoms with van der Waals surface area (Å²) in [6, 6.07) is 3.13. The summed E-state index contributed by atoms with van der Waals surface area (Å²) < 4.78 is 4.99. The number of hydrogen-bond acceptors (Lipinski definition) is 3. The summed E-state index contributed by atoms with van der Waals surface area (Å²) in [6.45, 7) is 1.87. The van der Waals surface area contributed by atoms with Crippen molar-refractivity contribution >= 4 is 11.9 Å². The standard InChI is InChI=1S/C13H17NO4/c1-9-5-2-3-7-13(9,12(16)17)14-11(15)10-6-4-8-18-10/h4,6,8-9H,2-3,5,7H2,1H3,(H,14,15)(H,16,17). The fraction of sp³-hybridized carbons (Fsp3) is 0.538. The number of amides is 1. The first-order valence-electron chi connectivity index (χ1n) is 6.15. The maximum Gasteiger partial charge on any atom is 0.329 e. The van der Waals surface area contributed by atoms with Crippen LogP contribution in [0.1, 0.15) is 43.2 Å². The van der Waals surface area contributed by atoms with E-state index in [-0.39, 0.29) is 11.7 Å². The monoisotopic (exact) mass is 251 g/mol. The Hall–Kier alpha value is -1.78. The van der Waals surface area contributed by atoms with Crippen LogP contribution in [0, 0.1) is 5.92 Å². The van der Waals surface area contributed by atoms with Gasteiger partial charge in [-0.25, -0.2) is 4.79 Å². The third-order valence-corrected chi connectivity index (χ3v) is 3.76. The zero-order valence-corrected chi connectivity index (χ0v) is 10.3. The van der Waals surface area contributed by atoms with Gasteiger partial charge in [-0.2, -0.15) is 0 Å². The van der Waals surface area contributed by atoms with Gasteiger partial charge in [0.05, 0.1) is 6.26 Å². The molecule has 1 aromatic heterocycles. The SMILES string of the molecule is CC1CCCCC1(NC(=O)c1ccco1)C(=O)O. The quantitative estimate of drug-likeness (QED) is 0.861. The summed E-state index contributed by atoms with van der Waals surface area (Å²) in [5, 5.41) is 12.1. The Kier molecular flexibility index (Phi) is 3.41. The molecule has 5 nitrogen and oxygen atoms in total. The molecular formula is C13H17NO4. The van der Waals surface area contributed by atoms with Gasteiger partial charge in [0.15, 0.2) is 5.76 Å². The predicted molar refractivity (Wildman–Crippen MR) is 64.2 cm³/mol. The molecule has 1 heterocycles. The van der Waals surface area contributed by atoms with Crippen molar-refractivity contribution < 1.29 is 19.1 Å². The first-order valence-corrected chi connectivity index (χ1v) is 6.15. The summed E-state index contributed by atoms with van der Waals surface area (Å²) in [7, 11) is 0. The molecule has 2 atom stereocenters. The maximum atomic E-state index is 12.0. The molecule has 0 spiro atoms. The van der Waals surface area contributed by atoms with Gasteiger partial charge in [-0.1, -0.05) is 19.8 Å². The number of carbonyl (C=O) groups is 2. The van der Waals surface area contributed by atoms with Crippen LogP contribution in [0.15, 0.2) is 22.8 Å². The Bertz CT molecular complexity index is 440. The second-order valence-electron chi connectivity index (χ2n) is 4.85. The second kappa shape index (κ2) is 4.84. The number of carboxylic acid groups (broad SMARTS) is 1. The van der Waals surface area contributed by atoms with Crippen molar-refractivity contribution in [2.24, 2.45) is 5.92 Å². The molecule has 0 aliphatic heterocycles. The highest BCUT2D eigenvalue weighted by Gasteiger charge is 2.46. The molecule has 1 aromatic rings. The van der Waals surface area contributed by atoms with Crippen molar-refractivity contribution in [3.63, 3.8) is 0 Å². The average molecular weight is 251 g/mol. The number of furan rings is 1. The maximum absolute atomic E-state index is 12.0. The lowest BCUT2D eigenvalue weighted by Gasteiger charge is -2.39. The van der Waals surface area contributed by atoms with Crippen molar-refractivity contribution in [3.05, 3.63) is 24.2 Å². The van der Waals surface area contributed by atoms with Gasteiger partial charge >= 0.3 is 5.97 Å². The van der Waals surface area contributed by atoms with Gasteiger partial charge in [-0.15, -0.1) is 0 Å². The lowest BCUT2D eigenvalue weighted by molar-refractivity contribution is -0.148. The minimum Gasteiger partial charge on any atom is -0.479 e. The molecule has 18 heavy (non-hydrogen) atoms. The molecule has 0 saturated heterocycles. The molecule has 5 heteroatoms. The van der Waals surface area contributed by atoms with E-state index in [1.54, 1.807) is 6.07 Å². The number of carboxylic acids is 1. The van der Waals surface area contributed by atoms with Crippen LogP contribution in [0.2, 0.25) is 0 Å². The molecule has 2 unspecified atom stereocenters. The molecule has 2 N–H and O–H groups in total. The van der Waals surface area contributed by atoms with E-state index in [4.69, 9.17) is 4.42 Å². The van der Waals surface area contributed by atoms with E-state index in [1.165, 1.54) is 12.3 Å². The zero-order chi connectivity index (χ0) is 13.2. The summed E-state index contributed by atoms with van der Waals surface area (Å²) in [4.78, 5) is 23.5. The lowest BCUT2D eigenvalue weighted by Crippen LogP contribution is -2.59. The van der Waals surface area contributed by atoms with Crippen LogP contribution in [0.5, 0.6) is 0 Å².